The molecule has 0 radical (unpaired) electrons. The maximum atomic E-state index is 11.9. The second-order valence-corrected chi connectivity index (χ2v) is 5.17. The van der Waals surface area contributed by atoms with Crippen molar-refractivity contribution >= 4 is 28.8 Å². The van der Waals surface area contributed by atoms with Crippen molar-refractivity contribution in [2.75, 3.05) is 0 Å². The summed E-state index contributed by atoms with van der Waals surface area (Å²) in [6, 6.07) is 11.4. The summed E-state index contributed by atoms with van der Waals surface area (Å²) in [4.78, 5) is 30.6. The summed E-state index contributed by atoms with van der Waals surface area (Å²) < 4.78 is 0. The van der Waals surface area contributed by atoms with Gasteiger partial charge in [-0.1, -0.05) is 24.3 Å². The van der Waals surface area contributed by atoms with Gasteiger partial charge in [0.1, 0.15) is 0 Å². The maximum Gasteiger partial charge on any atom is 0.269 e. The van der Waals surface area contributed by atoms with Crippen LogP contribution in [-0.4, -0.2) is 27.0 Å². The molecule has 124 valence electrons. The van der Waals surface area contributed by atoms with Crippen molar-refractivity contribution in [1.29, 1.82) is 0 Å². The Labute approximate surface area is 142 Å². The van der Waals surface area contributed by atoms with Crippen LogP contribution in [0.3, 0.4) is 0 Å². The van der Waals surface area contributed by atoms with E-state index in [-0.39, 0.29) is 18.0 Å². The number of nitro benzene ring substituents is 1. The Morgan fingerprint density at radius 2 is 2.00 bits per heavy atom. The van der Waals surface area contributed by atoms with E-state index in [0.717, 1.165) is 11.1 Å². The molecule has 1 amide bonds. The van der Waals surface area contributed by atoms with Gasteiger partial charge in [-0.05, 0) is 11.6 Å². The van der Waals surface area contributed by atoms with Gasteiger partial charge in [-0.2, -0.15) is 5.10 Å². The van der Waals surface area contributed by atoms with E-state index in [1.54, 1.807) is 24.5 Å². The molecule has 0 aliphatic carbocycles. The molecule has 0 saturated heterocycles. The summed E-state index contributed by atoms with van der Waals surface area (Å²) in [6.07, 6.45) is 4.67. The Morgan fingerprint density at radius 1 is 1.20 bits per heavy atom. The van der Waals surface area contributed by atoms with Crippen molar-refractivity contribution in [3.05, 3.63) is 76.1 Å². The first-order chi connectivity index (χ1) is 12.1. The number of aromatic nitrogens is 2. The third-order valence-electron chi connectivity index (χ3n) is 3.41. The number of hydrazone groups is 1. The number of nitrogens with one attached hydrogen (secondary N) is 1. The van der Waals surface area contributed by atoms with Gasteiger partial charge >= 0.3 is 0 Å². The number of nitrogens with zero attached hydrogens (tertiary/aromatic N) is 4. The molecule has 2 aromatic carbocycles. The fourth-order valence-corrected chi connectivity index (χ4v) is 2.30. The Bertz CT molecular complexity index is 966. The molecule has 0 fully saturated rings. The summed E-state index contributed by atoms with van der Waals surface area (Å²) in [6.45, 7) is 0. The quantitative estimate of drug-likeness (QED) is 0.437. The van der Waals surface area contributed by atoms with Crippen LogP contribution >= 0.6 is 0 Å². The smallest absolute Gasteiger partial charge is 0.269 e. The van der Waals surface area contributed by atoms with Gasteiger partial charge < -0.3 is 0 Å². The highest BCUT2D eigenvalue weighted by Crippen LogP contribution is 2.13. The van der Waals surface area contributed by atoms with Crippen LogP contribution in [0.1, 0.15) is 11.1 Å². The van der Waals surface area contributed by atoms with Crippen LogP contribution in [-0.2, 0) is 11.2 Å². The van der Waals surface area contributed by atoms with E-state index in [9.17, 15) is 14.9 Å². The maximum absolute atomic E-state index is 11.9. The third kappa shape index (κ3) is 3.99. The molecule has 0 spiro atoms. The second kappa shape index (κ2) is 7.26. The van der Waals surface area contributed by atoms with E-state index in [1.807, 2.05) is 18.2 Å². The zero-order valence-electron chi connectivity index (χ0n) is 13.0. The van der Waals surface area contributed by atoms with Crippen molar-refractivity contribution in [1.82, 2.24) is 15.4 Å². The van der Waals surface area contributed by atoms with E-state index < -0.39 is 4.92 Å². The molecule has 0 unspecified atom stereocenters. The molecule has 8 heteroatoms. The first kappa shape index (κ1) is 16.2. The Kier molecular flexibility index (Phi) is 4.70. The molecule has 3 rings (SSSR count). The van der Waals surface area contributed by atoms with Crippen LogP contribution < -0.4 is 5.43 Å². The minimum absolute atomic E-state index is 0.00559. The molecule has 3 aromatic rings. The van der Waals surface area contributed by atoms with E-state index in [1.165, 1.54) is 18.3 Å². The third-order valence-corrected chi connectivity index (χ3v) is 3.41. The standard InChI is InChI=1S/C17H13N5O3/c23-16(10-12-3-1-5-14(9-12)22(24)25)21-20-11-13-4-2-6-15-17(13)19-8-7-18-15/h1-9,11H,10H2,(H,21,23). The zero-order valence-corrected chi connectivity index (χ0v) is 13.0. The molecular formula is C17H13N5O3. The summed E-state index contributed by atoms with van der Waals surface area (Å²) >= 11 is 0. The van der Waals surface area contributed by atoms with Crippen molar-refractivity contribution in [3.8, 4) is 0 Å². The molecule has 1 aromatic heterocycles. The van der Waals surface area contributed by atoms with Crippen molar-refractivity contribution in [2.24, 2.45) is 5.10 Å². The fraction of sp³-hybridized carbons (Fsp3) is 0.0588. The molecule has 1 N–H and O–H groups in total. The Balaban J connectivity index is 1.66. The predicted molar refractivity (Wildman–Crippen MR) is 92.1 cm³/mol. The number of carbonyl (C=O) groups excluding carboxylic acids is 1. The number of hydrogen-bond acceptors (Lipinski definition) is 6. The number of carbonyl (C=O) groups is 1. The molecule has 25 heavy (non-hydrogen) atoms. The highest BCUT2D eigenvalue weighted by Gasteiger charge is 2.08. The molecule has 0 aliphatic rings. The van der Waals surface area contributed by atoms with Crippen LogP contribution in [0.2, 0.25) is 0 Å². The molecule has 0 saturated carbocycles. The molecule has 0 atom stereocenters. The second-order valence-electron chi connectivity index (χ2n) is 5.17. The summed E-state index contributed by atoms with van der Waals surface area (Å²) in [5.41, 5.74) is 5.03. The van der Waals surface area contributed by atoms with Crippen LogP contribution in [0, 0.1) is 10.1 Å². The monoisotopic (exact) mass is 335 g/mol. The van der Waals surface area contributed by atoms with Crippen LogP contribution in [0.5, 0.6) is 0 Å². The minimum atomic E-state index is -0.499. The van der Waals surface area contributed by atoms with Crippen LogP contribution in [0.4, 0.5) is 5.69 Å². The van der Waals surface area contributed by atoms with Gasteiger partial charge in [0.05, 0.1) is 28.6 Å². The average molecular weight is 335 g/mol. The van der Waals surface area contributed by atoms with E-state index in [0.29, 0.717) is 11.1 Å². The molecule has 1 heterocycles. The van der Waals surface area contributed by atoms with Gasteiger partial charge in [0.15, 0.2) is 0 Å². The normalized spacial score (nSPS) is 10.9. The van der Waals surface area contributed by atoms with E-state index in [4.69, 9.17) is 0 Å². The minimum Gasteiger partial charge on any atom is -0.273 e. The number of benzene rings is 2. The Morgan fingerprint density at radius 3 is 2.84 bits per heavy atom. The van der Waals surface area contributed by atoms with Crippen molar-refractivity contribution in [3.63, 3.8) is 0 Å². The van der Waals surface area contributed by atoms with Crippen molar-refractivity contribution < 1.29 is 9.72 Å². The largest absolute Gasteiger partial charge is 0.273 e. The van der Waals surface area contributed by atoms with Gasteiger partial charge in [-0.25, -0.2) is 5.43 Å². The molecule has 0 bridgehead atoms. The fourth-order valence-electron chi connectivity index (χ4n) is 2.30. The van der Waals surface area contributed by atoms with E-state index >= 15 is 0 Å². The highest BCUT2D eigenvalue weighted by molar-refractivity contribution is 5.96. The van der Waals surface area contributed by atoms with Crippen LogP contribution in [0.15, 0.2) is 60.0 Å². The first-order valence-electron chi connectivity index (χ1n) is 7.38. The van der Waals surface area contributed by atoms with Gasteiger partial charge in [0.25, 0.3) is 5.69 Å². The van der Waals surface area contributed by atoms with Gasteiger partial charge in [0.2, 0.25) is 5.91 Å². The predicted octanol–water partition coefficient (Wildman–Crippen LogP) is 2.23. The SMILES string of the molecule is O=C(Cc1cccc([N+](=O)[O-])c1)NN=Cc1cccc2nccnc12. The summed E-state index contributed by atoms with van der Waals surface area (Å²) in [7, 11) is 0. The topological polar surface area (TPSA) is 110 Å². The number of hydrogen-bond donors (Lipinski definition) is 1. The lowest BCUT2D eigenvalue weighted by molar-refractivity contribution is -0.384. The van der Waals surface area contributed by atoms with Gasteiger partial charge in [0, 0.05) is 30.1 Å². The molecule has 8 nitrogen and oxygen atoms in total. The van der Waals surface area contributed by atoms with E-state index in [2.05, 4.69) is 20.5 Å². The highest BCUT2D eigenvalue weighted by atomic mass is 16.6. The molecular weight excluding hydrogens is 322 g/mol. The summed E-state index contributed by atoms with van der Waals surface area (Å²) in [5.74, 6) is -0.372. The lowest BCUT2D eigenvalue weighted by Gasteiger charge is -2.02. The van der Waals surface area contributed by atoms with Gasteiger partial charge in [-0.3, -0.25) is 24.9 Å². The number of amides is 1. The number of non-ortho nitro benzene ring substituents is 1. The first-order valence-corrected chi connectivity index (χ1v) is 7.38. The summed E-state index contributed by atoms with van der Waals surface area (Å²) in [5, 5.41) is 14.7. The Hall–Kier alpha value is -3.68. The number of para-hydroxylation sites is 1. The number of fused-ring (bicyclic) bond motifs is 1. The average Bonchev–Trinajstić information content (AvgIpc) is 2.62. The van der Waals surface area contributed by atoms with Crippen molar-refractivity contribution in [2.45, 2.75) is 6.42 Å². The van der Waals surface area contributed by atoms with Gasteiger partial charge in [-0.15, -0.1) is 0 Å². The van der Waals surface area contributed by atoms with Crippen LogP contribution in [0.25, 0.3) is 11.0 Å². The lowest BCUT2D eigenvalue weighted by atomic mass is 10.1. The zero-order chi connectivity index (χ0) is 17.6. The lowest BCUT2D eigenvalue weighted by Crippen LogP contribution is -2.19. The number of rotatable bonds is 5. The number of nitro groups is 1. The molecule has 0 aliphatic heterocycles.